The van der Waals surface area contributed by atoms with Crippen LogP contribution in [-0.4, -0.2) is 16.1 Å². The van der Waals surface area contributed by atoms with Gasteiger partial charge >= 0.3 is 0 Å². The van der Waals surface area contributed by atoms with Crippen LogP contribution in [0.3, 0.4) is 0 Å². The predicted molar refractivity (Wildman–Crippen MR) is 61.4 cm³/mol. The minimum atomic E-state index is 0.689. The average molecular weight is 201 g/mol. The lowest BCUT2D eigenvalue weighted by atomic mass is 10.1. The van der Waals surface area contributed by atoms with E-state index in [1.165, 1.54) is 11.1 Å². The Morgan fingerprint density at radius 1 is 1.40 bits per heavy atom. The Kier molecular flexibility index (Phi) is 2.83. The molecule has 0 saturated heterocycles. The molecule has 1 aromatic carbocycles. The summed E-state index contributed by atoms with van der Waals surface area (Å²) in [4.78, 5) is 4.11. The van der Waals surface area contributed by atoms with Crippen LogP contribution in [0.15, 0.2) is 36.8 Å². The van der Waals surface area contributed by atoms with Gasteiger partial charge in [-0.2, -0.15) is 0 Å². The van der Waals surface area contributed by atoms with Crippen molar-refractivity contribution in [1.29, 1.82) is 0 Å². The number of aryl methyl sites for hydroxylation is 1. The van der Waals surface area contributed by atoms with Gasteiger partial charge in [0.05, 0.1) is 18.2 Å². The van der Waals surface area contributed by atoms with Gasteiger partial charge in [0, 0.05) is 12.6 Å². The molecule has 0 unspecified atom stereocenters. The van der Waals surface area contributed by atoms with Crippen LogP contribution < -0.4 is 5.73 Å². The zero-order chi connectivity index (χ0) is 10.7. The lowest BCUT2D eigenvalue weighted by Crippen LogP contribution is -2.02. The Labute approximate surface area is 89.6 Å². The van der Waals surface area contributed by atoms with Crippen molar-refractivity contribution in [2.75, 3.05) is 6.54 Å². The van der Waals surface area contributed by atoms with Gasteiger partial charge in [-0.3, -0.25) is 0 Å². The molecule has 2 N–H and O–H groups in total. The molecule has 15 heavy (non-hydrogen) atoms. The Morgan fingerprint density at radius 2 is 2.27 bits per heavy atom. The van der Waals surface area contributed by atoms with Crippen LogP contribution in [0, 0.1) is 0 Å². The molecule has 3 nitrogen and oxygen atoms in total. The number of nitrogens with two attached hydrogens (primary N) is 1. The summed E-state index contributed by atoms with van der Waals surface area (Å²) in [5.41, 5.74) is 9.14. The first-order valence-electron chi connectivity index (χ1n) is 5.07. The molecule has 0 fully saturated rings. The van der Waals surface area contributed by atoms with Crippen molar-refractivity contribution >= 4 is 0 Å². The standard InChI is InChI=1S/C12H15N3/c1-15-9-14-8-12(15)11-4-2-3-10(7-11)5-6-13/h2-4,7-9H,5-6,13H2,1H3. The van der Waals surface area contributed by atoms with Gasteiger partial charge in [0.1, 0.15) is 0 Å². The number of imidazole rings is 1. The van der Waals surface area contributed by atoms with E-state index in [-0.39, 0.29) is 0 Å². The Bertz CT molecular complexity index is 446. The van der Waals surface area contributed by atoms with Gasteiger partial charge in [-0.25, -0.2) is 4.98 Å². The minimum absolute atomic E-state index is 0.689. The zero-order valence-corrected chi connectivity index (χ0v) is 8.85. The van der Waals surface area contributed by atoms with Gasteiger partial charge in [-0.15, -0.1) is 0 Å². The van der Waals surface area contributed by atoms with Gasteiger partial charge in [0.15, 0.2) is 0 Å². The van der Waals surface area contributed by atoms with E-state index in [4.69, 9.17) is 5.73 Å². The van der Waals surface area contributed by atoms with Gasteiger partial charge in [0.2, 0.25) is 0 Å². The largest absolute Gasteiger partial charge is 0.334 e. The van der Waals surface area contributed by atoms with E-state index in [9.17, 15) is 0 Å². The van der Waals surface area contributed by atoms with Crippen molar-refractivity contribution in [3.8, 4) is 11.3 Å². The SMILES string of the molecule is Cn1cncc1-c1cccc(CCN)c1. The van der Waals surface area contributed by atoms with Crippen LogP contribution in [0.5, 0.6) is 0 Å². The van der Waals surface area contributed by atoms with Crippen molar-refractivity contribution in [2.45, 2.75) is 6.42 Å². The van der Waals surface area contributed by atoms with Crippen LogP contribution in [0.2, 0.25) is 0 Å². The first-order valence-corrected chi connectivity index (χ1v) is 5.07. The van der Waals surface area contributed by atoms with E-state index in [1.807, 2.05) is 24.1 Å². The highest BCUT2D eigenvalue weighted by molar-refractivity contribution is 5.59. The Morgan fingerprint density at radius 3 is 2.93 bits per heavy atom. The van der Waals surface area contributed by atoms with E-state index in [0.29, 0.717) is 6.54 Å². The number of hydrogen-bond acceptors (Lipinski definition) is 2. The molecule has 78 valence electrons. The van der Waals surface area contributed by atoms with E-state index in [2.05, 4.69) is 29.2 Å². The second-order valence-electron chi connectivity index (χ2n) is 3.63. The molecule has 2 rings (SSSR count). The summed E-state index contributed by atoms with van der Waals surface area (Å²) >= 11 is 0. The van der Waals surface area contributed by atoms with Crippen LogP contribution >= 0.6 is 0 Å². The average Bonchev–Trinajstić information content (AvgIpc) is 2.65. The monoisotopic (exact) mass is 201 g/mol. The molecule has 2 aromatic rings. The van der Waals surface area contributed by atoms with Crippen molar-refractivity contribution in [3.63, 3.8) is 0 Å². The van der Waals surface area contributed by atoms with Crippen molar-refractivity contribution < 1.29 is 0 Å². The molecule has 0 radical (unpaired) electrons. The zero-order valence-electron chi connectivity index (χ0n) is 8.85. The number of rotatable bonds is 3. The summed E-state index contributed by atoms with van der Waals surface area (Å²) in [6, 6.07) is 8.43. The highest BCUT2D eigenvalue weighted by Crippen LogP contribution is 2.19. The molecule has 0 atom stereocenters. The molecule has 0 bridgehead atoms. The second kappa shape index (κ2) is 4.28. The molecule has 0 aliphatic rings. The number of hydrogen-bond donors (Lipinski definition) is 1. The maximum absolute atomic E-state index is 5.54. The lowest BCUT2D eigenvalue weighted by Gasteiger charge is -2.04. The molecule has 1 aromatic heterocycles. The first-order chi connectivity index (χ1) is 7.31. The second-order valence-corrected chi connectivity index (χ2v) is 3.63. The molecule has 3 heteroatoms. The molecule has 0 aliphatic carbocycles. The third-order valence-corrected chi connectivity index (χ3v) is 2.47. The third kappa shape index (κ3) is 2.07. The molecule has 0 spiro atoms. The van der Waals surface area contributed by atoms with E-state index in [1.54, 1.807) is 0 Å². The maximum atomic E-state index is 5.54. The summed E-state index contributed by atoms with van der Waals surface area (Å²) < 4.78 is 2.02. The minimum Gasteiger partial charge on any atom is -0.334 e. The molecule has 0 saturated carbocycles. The van der Waals surface area contributed by atoms with E-state index < -0.39 is 0 Å². The number of nitrogens with zero attached hydrogens (tertiary/aromatic N) is 2. The Balaban J connectivity index is 2.37. The van der Waals surface area contributed by atoms with Crippen molar-refractivity contribution in [2.24, 2.45) is 12.8 Å². The predicted octanol–water partition coefficient (Wildman–Crippen LogP) is 1.59. The fraction of sp³-hybridized carbons (Fsp3) is 0.250. The summed E-state index contributed by atoms with van der Waals surface area (Å²) in [7, 11) is 2.00. The molecule has 0 aliphatic heterocycles. The normalized spacial score (nSPS) is 10.5. The highest BCUT2D eigenvalue weighted by Gasteiger charge is 2.02. The van der Waals surface area contributed by atoms with Crippen molar-refractivity contribution in [1.82, 2.24) is 9.55 Å². The molecular weight excluding hydrogens is 186 g/mol. The Hall–Kier alpha value is -1.61. The third-order valence-electron chi connectivity index (χ3n) is 2.47. The summed E-state index contributed by atoms with van der Waals surface area (Å²) in [5, 5.41) is 0. The van der Waals surface area contributed by atoms with Gasteiger partial charge in [-0.05, 0) is 24.6 Å². The number of aromatic nitrogens is 2. The van der Waals surface area contributed by atoms with Crippen LogP contribution in [-0.2, 0) is 13.5 Å². The summed E-state index contributed by atoms with van der Waals surface area (Å²) in [6.07, 6.45) is 4.61. The lowest BCUT2D eigenvalue weighted by molar-refractivity contribution is 0.919. The molecule has 1 heterocycles. The summed E-state index contributed by atoms with van der Waals surface area (Å²) in [6.45, 7) is 0.689. The van der Waals surface area contributed by atoms with Crippen LogP contribution in [0.25, 0.3) is 11.3 Å². The topological polar surface area (TPSA) is 43.8 Å². The summed E-state index contributed by atoms with van der Waals surface area (Å²) in [5.74, 6) is 0. The fourth-order valence-electron chi connectivity index (χ4n) is 1.69. The van der Waals surface area contributed by atoms with Crippen molar-refractivity contribution in [3.05, 3.63) is 42.4 Å². The first kappa shape index (κ1) is 9.93. The molecular formula is C12H15N3. The highest BCUT2D eigenvalue weighted by atomic mass is 15.0. The number of benzene rings is 1. The van der Waals surface area contributed by atoms with Crippen LogP contribution in [0.4, 0.5) is 0 Å². The van der Waals surface area contributed by atoms with Crippen LogP contribution in [0.1, 0.15) is 5.56 Å². The van der Waals surface area contributed by atoms with Gasteiger partial charge < -0.3 is 10.3 Å². The van der Waals surface area contributed by atoms with Gasteiger partial charge in [-0.1, -0.05) is 18.2 Å². The van der Waals surface area contributed by atoms with E-state index >= 15 is 0 Å². The van der Waals surface area contributed by atoms with Gasteiger partial charge in [0.25, 0.3) is 0 Å². The van der Waals surface area contributed by atoms with E-state index in [0.717, 1.165) is 12.1 Å². The quantitative estimate of drug-likeness (QED) is 0.819. The molecule has 0 amide bonds. The fourth-order valence-corrected chi connectivity index (χ4v) is 1.69. The smallest absolute Gasteiger partial charge is 0.0948 e. The maximum Gasteiger partial charge on any atom is 0.0948 e.